The number of aryl methyl sites for hydroxylation is 2. The Hall–Kier alpha value is -4.04. The molecule has 0 bridgehead atoms. The first-order valence-corrected chi connectivity index (χ1v) is 4.88. The standard InChI is InChI=1S/2C2H6N6.2N3/c2*1-7-2(3)8(4)6-5-7;2*1-3-2/h2*3H,4H2,1H3;;/q;;2*-1/p+2. The molecule has 18 nitrogen and oxygen atoms in total. The number of hydrogen-bond donors (Lipinski definition) is 4. The van der Waals surface area contributed by atoms with Crippen LogP contribution in [0.1, 0.15) is 0 Å². The summed E-state index contributed by atoms with van der Waals surface area (Å²) in [6.07, 6.45) is 0. The van der Waals surface area contributed by atoms with Gasteiger partial charge in [0.2, 0.25) is 0 Å². The SMILES string of the molecule is C[n+]1nnn(N)c1N.C[n+]1nnn(N)c1N.[N-]=[N+]=[N-].[N-]=[N+]=[N-]. The Bertz CT molecular complexity index is 522. The summed E-state index contributed by atoms with van der Waals surface area (Å²) in [5.74, 6) is 10.9. The van der Waals surface area contributed by atoms with Gasteiger partial charge in [-0.25, -0.2) is 0 Å². The first kappa shape index (κ1) is 20.3. The largest absolute Gasteiger partial charge is 0.385 e. The van der Waals surface area contributed by atoms with Crippen LogP contribution >= 0.6 is 0 Å². The maximum Gasteiger partial charge on any atom is 0.385 e. The van der Waals surface area contributed by atoms with Crippen molar-refractivity contribution >= 4 is 11.9 Å². The maximum absolute atomic E-state index is 6.75. The van der Waals surface area contributed by atoms with E-state index >= 15 is 0 Å². The summed E-state index contributed by atoms with van der Waals surface area (Å²) >= 11 is 0. The molecule has 2 rings (SSSR count). The van der Waals surface area contributed by atoms with Gasteiger partial charge in [0.1, 0.15) is 10.4 Å². The molecule has 0 atom stereocenters. The maximum atomic E-state index is 6.75. The Kier molecular flexibility index (Phi) is 10.00. The predicted octanol–water partition coefficient (Wildman–Crippen LogP) is -3.47. The second-order valence-electron chi connectivity index (χ2n) is 2.99. The van der Waals surface area contributed by atoms with Gasteiger partial charge in [-0.15, -0.1) is 9.36 Å². The number of rotatable bonds is 0. The van der Waals surface area contributed by atoms with E-state index in [-0.39, 0.29) is 0 Å². The second-order valence-corrected chi connectivity index (χ2v) is 2.99. The number of tetrazole rings is 2. The summed E-state index contributed by atoms with van der Waals surface area (Å²) in [5.41, 5.74) is 37.6. The monoisotopic (exact) mass is 314 g/mol. The van der Waals surface area contributed by atoms with Gasteiger partial charge < -0.3 is 33.6 Å². The Balaban J connectivity index is 0. The zero-order chi connectivity index (χ0) is 17.7. The van der Waals surface area contributed by atoms with Crippen molar-refractivity contribution in [1.82, 2.24) is 30.4 Å². The second kappa shape index (κ2) is 10.8. The Morgan fingerprint density at radius 2 is 1.05 bits per heavy atom. The number of nitrogen functional groups attached to an aromatic ring is 4. The molecule has 0 unspecified atom stereocenters. The molecule has 22 heavy (non-hydrogen) atoms. The van der Waals surface area contributed by atoms with E-state index in [1.807, 2.05) is 0 Å². The molecule has 0 amide bonds. The van der Waals surface area contributed by atoms with Crippen LogP contribution in [0.15, 0.2) is 0 Å². The molecule has 0 aliphatic carbocycles. The summed E-state index contributed by atoms with van der Waals surface area (Å²) < 4.78 is 2.75. The molecule has 120 valence electrons. The van der Waals surface area contributed by atoms with Crippen LogP contribution in [0.3, 0.4) is 0 Å². The Morgan fingerprint density at radius 1 is 0.818 bits per heavy atom. The van der Waals surface area contributed by atoms with E-state index in [0.717, 1.165) is 9.58 Å². The molecule has 0 aliphatic heterocycles. The van der Waals surface area contributed by atoms with Crippen molar-refractivity contribution in [3.05, 3.63) is 31.9 Å². The normalized spacial score (nSPS) is 7.73. The van der Waals surface area contributed by atoms with E-state index in [0.29, 0.717) is 11.9 Å². The van der Waals surface area contributed by atoms with Crippen LogP contribution in [0.4, 0.5) is 11.9 Å². The quantitative estimate of drug-likeness (QED) is 0.124. The summed E-state index contributed by atoms with van der Waals surface area (Å²) in [7, 11) is 3.32. The minimum Gasteiger partial charge on any atom is -0.373 e. The van der Waals surface area contributed by atoms with Crippen LogP contribution in [0.2, 0.25) is 0 Å². The molecule has 18 heteroatoms. The van der Waals surface area contributed by atoms with Crippen LogP contribution in [0.5, 0.6) is 0 Å². The van der Waals surface area contributed by atoms with Crippen LogP contribution in [0, 0.1) is 0 Å². The number of nitrogens with zero attached hydrogens (tertiary/aromatic N) is 14. The molecule has 0 saturated heterocycles. The smallest absolute Gasteiger partial charge is 0.373 e. The van der Waals surface area contributed by atoms with Gasteiger partial charge in [-0.05, 0) is 0 Å². The van der Waals surface area contributed by atoms with E-state index in [2.05, 4.69) is 20.9 Å². The van der Waals surface area contributed by atoms with Crippen LogP contribution in [-0.4, -0.2) is 30.4 Å². The summed E-state index contributed by atoms with van der Waals surface area (Å²) in [6.45, 7) is 0. The van der Waals surface area contributed by atoms with Gasteiger partial charge in [0.15, 0.2) is 0 Å². The zero-order valence-corrected chi connectivity index (χ0v) is 11.6. The van der Waals surface area contributed by atoms with Gasteiger partial charge in [-0.2, -0.15) is 0 Å². The van der Waals surface area contributed by atoms with Crippen LogP contribution in [-0.2, 0) is 14.1 Å². The van der Waals surface area contributed by atoms with Crippen molar-refractivity contribution in [2.45, 2.75) is 0 Å². The third-order valence-corrected chi connectivity index (χ3v) is 1.67. The Morgan fingerprint density at radius 3 is 1.09 bits per heavy atom. The van der Waals surface area contributed by atoms with Gasteiger partial charge in [-0.1, -0.05) is 0 Å². The number of anilines is 2. The highest BCUT2D eigenvalue weighted by Crippen LogP contribution is 1.76. The van der Waals surface area contributed by atoms with Gasteiger partial charge in [0, 0.05) is 9.58 Å². The van der Waals surface area contributed by atoms with Gasteiger partial charge in [-0.3, -0.25) is 21.5 Å². The Labute approximate surface area is 122 Å². The fourth-order valence-electron chi connectivity index (χ4n) is 0.686. The molecular weight excluding hydrogens is 300 g/mol. The van der Waals surface area contributed by atoms with Gasteiger partial charge in [0.05, 0.1) is 24.5 Å². The van der Waals surface area contributed by atoms with Crippen molar-refractivity contribution in [3.63, 3.8) is 0 Å². The van der Waals surface area contributed by atoms with E-state index in [1.165, 1.54) is 19.2 Å². The summed E-state index contributed by atoms with van der Waals surface area (Å²) in [6, 6.07) is 0. The lowest BCUT2D eigenvalue weighted by atomic mass is 11.0. The number of aromatic nitrogens is 8. The lowest BCUT2D eigenvalue weighted by molar-refractivity contribution is -0.718. The lowest BCUT2D eigenvalue weighted by Gasteiger charge is -1.79. The highest BCUT2D eigenvalue weighted by molar-refractivity contribution is 5.01. The molecule has 0 aromatic carbocycles. The molecule has 2 aromatic rings. The van der Waals surface area contributed by atoms with E-state index in [9.17, 15) is 0 Å². The van der Waals surface area contributed by atoms with E-state index in [4.69, 9.17) is 45.3 Å². The molecule has 0 spiro atoms. The first-order chi connectivity index (χ1) is 10.3. The summed E-state index contributed by atoms with van der Waals surface area (Å²) in [4.78, 5) is 5.00. The van der Waals surface area contributed by atoms with E-state index < -0.39 is 0 Å². The summed E-state index contributed by atoms with van der Waals surface area (Å²) in [5, 5.41) is 13.8. The highest BCUT2D eigenvalue weighted by Gasteiger charge is 2.07. The molecule has 0 fully saturated rings. The van der Waals surface area contributed by atoms with Crippen molar-refractivity contribution in [3.8, 4) is 0 Å². The van der Waals surface area contributed by atoms with E-state index in [1.54, 1.807) is 14.1 Å². The minimum atomic E-state index is 0.324. The fraction of sp³-hybridized carbons (Fsp3) is 0.500. The molecule has 0 saturated carbocycles. The minimum absolute atomic E-state index is 0.324. The number of nitrogens with two attached hydrogens (primary N) is 4. The molecule has 8 N–H and O–H groups in total. The van der Waals surface area contributed by atoms with Crippen molar-refractivity contribution in [2.24, 2.45) is 14.1 Å². The highest BCUT2D eigenvalue weighted by atomic mass is 15.7. The molecule has 2 aromatic heterocycles. The first-order valence-electron chi connectivity index (χ1n) is 4.88. The third kappa shape index (κ3) is 7.41. The van der Waals surface area contributed by atoms with Gasteiger partial charge in [0.25, 0.3) is 0 Å². The predicted molar refractivity (Wildman–Crippen MR) is 71.7 cm³/mol. The van der Waals surface area contributed by atoms with Crippen LogP contribution < -0.4 is 32.5 Å². The molecular formula is C4H14N18. The topological polar surface area (TPSA) is 291 Å². The third-order valence-electron chi connectivity index (χ3n) is 1.67. The average molecular weight is 314 g/mol. The van der Waals surface area contributed by atoms with Crippen molar-refractivity contribution in [1.29, 1.82) is 0 Å². The van der Waals surface area contributed by atoms with Crippen molar-refractivity contribution < 1.29 is 9.36 Å². The van der Waals surface area contributed by atoms with Crippen molar-refractivity contribution in [2.75, 3.05) is 23.2 Å². The number of hydrogen-bond acceptors (Lipinski definition) is 8. The zero-order valence-electron chi connectivity index (χ0n) is 11.6. The molecule has 0 radical (unpaired) electrons. The molecule has 2 heterocycles. The van der Waals surface area contributed by atoms with Gasteiger partial charge >= 0.3 is 11.9 Å². The lowest BCUT2D eigenvalue weighted by Crippen LogP contribution is -2.34. The fourth-order valence-corrected chi connectivity index (χ4v) is 0.686. The van der Waals surface area contributed by atoms with Crippen LogP contribution in [0.25, 0.3) is 31.9 Å². The average Bonchev–Trinajstić information content (AvgIpc) is 2.92. The molecule has 0 aliphatic rings.